The van der Waals surface area contributed by atoms with E-state index in [0.717, 1.165) is 11.6 Å². The van der Waals surface area contributed by atoms with Crippen molar-refractivity contribution in [2.24, 2.45) is 0 Å². The SMILES string of the molecule is COc1ccc2c(c1)S(=O)([O-])(O)c1cc(C(=O)c3ccc(C)cc3)ccc1O2. The van der Waals surface area contributed by atoms with Gasteiger partial charge in [0, 0.05) is 11.1 Å². The maximum absolute atomic E-state index is 13.2. The van der Waals surface area contributed by atoms with Gasteiger partial charge in [0.05, 0.1) is 16.9 Å². The number of ketones is 1. The maximum atomic E-state index is 13.2. The van der Waals surface area contributed by atoms with Crippen LogP contribution in [0, 0.1) is 6.92 Å². The number of rotatable bonds is 3. The molecule has 0 spiro atoms. The van der Waals surface area contributed by atoms with E-state index in [1.807, 2.05) is 6.92 Å². The number of aryl methyl sites for hydroxylation is 1. The maximum Gasteiger partial charge on any atom is 0.193 e. The van der Waals surface area contributed by atoms with Gasteiger partial charge in [-0.1, -0.05) is 29.8 Å². The number of hydrogen-bond donors (Lipinski definition) is 1. The minimum absolute atomic E-state index is 0.0135. The lowest BCUT2D eigenvalue weighted by molar-refractivity contribution is 0.103. The molecule has 1 heterocycles. The molecular formula is C21H17O6S-. The molecule has 6 nitrogen and oxygen atoms in total. The number of methoxy groups -OCH3 is 1. The summed E-state index contributed by atoms with van der Waals surface area (Å²) in [5.41, 5.74) is 1.54. The first-order chi connectivity index (χ1) is 13.2. The summed E-state index contributed by atoms with van der Waals surface area (Å²) in [6, 6.07) is 15.0. The zero-order chi connectivity index (χ0) is 20.1. The van der Waals surface area contributed by atoms with Crippen molar-refractivity contribution in [1.29, 1.82) is 0 Å². The summed E-state index contributed by atoms with van der Waals surface area (Å²) in [4.78, 5) is 11.9. The van der Waals surface area contributed by atoms with Gasteiger partial charge in [-0.25, -0.2) is 0 Å². The van der Waals surface area contributed by atoms with E-state index in [9.17, 15) is 18.1 Å². The summed E-state index contributed by atoms with van der Waals surface area (Å²) in [5.74, 6) is -0.170. The second-order valence-electron chi connectivity index (χ2n) is 6.61. The minimum Gasteiger partial charge on any atom is -0.762 e. The van der Waals surface area contributed by atoms with E-state index in [1.165, 1.54) is 37.4 Å². The molecule has 0 bridgehead atoms. The average molecular weight is 397 g/mol. The molecule has 0 saturated carbocycles. The molecule has 1 N–H and O–H groups in total. The fraction of sp³-hybridized carbons (Fsp3) is 0.0952. The van der Waals surface area contributed by atoms with Gasteiger partial charge in [0.2, 0.25) is 0 Å². The quantitative estimate of drug-likeness (QED) is 0.666. The lowest BCUT2D eigenvalue weighted by Gasteiger charge is -2.47. The first kappa shape index (κ1) is 18.4. The van der Waals surface area contributed by atoms with Crippen LogP contribution in [0.3, 0.4) is 0 Å². The van der Waals surface area contributed by atoms with Crippen LogP contribution in [0.4, 0.5) is 0 Å². The van der Waals surface area contributed by atoms with Gasteiger partial charge in [0.25, 0.3) is 0 Å². The summed E-state index contributed by atoms with van der Waals surface area (Å²) in [6.45, 7) is 1.90. The number of benzene rings is 3. The van der Waals surface area contributed by atoms with Crippen LogP contribution in [0.25, 0.3) is 0 Å². The Morgan fingerprint density at radius 1 is 0.964 bits per heavy atom. The van der Waals surface area contributed by atoms with Crippen LogP contribution in [0.15, 0.2) is 70.5 Å². The molecular weight excluding hydrogens is 380 g/mol. The van der Waals surface area contributed by atoms with Crippen molar-refractivity contribution >= 4 is 15.4 Å². The second-order valence-corrected chi connectivity index (χ2v) is 9.16. The van der Waals surface area contributed by atoms with Crippen molar-refractivity contribution in [2.75, 3.05) is 7.11 Å². The first-order valence-corrected chi connectivity index (χ1v) is 10.3. The van der Waals surface area contributed by atoms with E-state index in [4.69, 9.17) is 9.47 Å². The molecule has 0 unspecified atom stereocenters. The predicted molar refractivity (Wildman–Crippen MR) is 102 cm³/mol. The molecule has 0 aromatic heterocycles. The lowest BCUT2D eigenvalue weighted by Crippen LogP contribution is -2.35. The Balaban J connectivity index is 1.86. The Hall–Kier alpha value is -3.00. The molecule has 7 heteroatoms. The topological polar surface area (TPSA) is 95.9 Å². The summed E-state index contributed by atoms with van der Waals surface area (Å²) in [5, 5.41) is 0. The number of fused-ring (bicyclic) bond motifs is 2. The molecule has 3 aromatic carbocycles. The summed E-state index contributed by atoms with van der Waals surface area (Å²) < 4.78 is 47.9. The third-order valence-corrected chi connectivity index (χ3v) is 6.86. The Labute approximate surface area is 161 Å². The fourth-order valence-electron chi connectivity index (χ4n) is 3.10. The van der Waals surface area contributed by atoms with Crippen molar-refractivity contribution in [1.82, 2.24) is 0 Å². The highest BCUT2D eigenvalue weighted by molar-refractivity contribution is 8.10. The lowest BCUT2D eigenvalue weighted by atomic mass is 10.0. The molecule has 4 rings (SSSR count). The second kappa shape index (κ2) is 6.00. The highest BCUT2D eigenvalue weighted by Gasteiger charge is 2.38. The van der Waals surface area contributed by atoms with Gasteiger partial charge in [-0.05, 0) is 52.9 Å². The molecule has 28 heavy (non-hydrogen) atoms. The number of hydrogen-bond acceptors (Lipinski definition) is 5. The van der Waals surface area contributed by atoms with Gasteiger partial charge in [-0.15, -0.1) is 0 Å². The van der Waals surface area contributed by atoms with Crippen molar-refractivity contribution < 1.29 is 27.6 Å². The smallest absolute Gasteiger partial charge is 0.193 e. The van der Waals surface area contributed by atoms with Gasteiger partial charge in [0.15, 0.2) is 5.78 Å². The van der Waals surface area contributed by atoms with Crippen LogP contribution in [0.2, 0.25) is 0 Å². The van der Waals surface area contributed by atoms with Gasteiger partial charge in [-0.2, -0.15) is 0 Å². The Kier molecular flexibility index (Phi) is 3.94. The predicted octanol–water partition coefficient (Wildman–Crippen LogP) is 4.18. The van der Waals surface area contributed by atoms with E-state index in [-0.39, 0.29) is 28.6 Å². The van der Waals surface area contributed by atoms with Gasteiger partial charge in [0.1, 0.15) is 17.2 Å². The van der Waals surface area contributed by atoms with Crippen molar-refractivity contribution in [3.63, 3.8) is 0 Å². The summed E-state index contributed by atoms with van der Waals surface area (Å²) in [7, 11) is -4.33. The molecule has 1 aliphatic rings. The van der Waals surface area contributed by atoms with Crippen LogP contribution in [0.1, 0.15) is 21.5 Å². The van der Waals surface area contributed by atoms with E-state index >= 15 is 0 Å². The minimum atomic E-state index is -5.72. The molecule has 3 aromatic rings. The van der Waals surface area contributed by atoms with Crippen LogP contribution in [-0.2, 0) is 9.63 Å². The van der Waals surface area contributed by atoms with Crippen LogP contribution in [0.5, 0.6) is 17.2 Å². The van der Waals surface area contributed by atoms with Crippen LogP contribution in [-0.4, -0.2) is 26.2 Å². The number of carbonyl (C=O) groups is 1. The normalized spacial score (nSPS) is 17.2. The molecule has 0 amide bonds. The Morgan fingerprint density at radius 3 is 2.18 bits per heavy atom. The first-order valence-electron chi connectivity index (χ1n) is 8.45. The van der Waals surface area contributed by atoms with Crippen LogP contribution < -0.4 is 9.47 Å². The number of ether oxygens (including phenoxy) is 2. The highest BCUT2D eigenvalue weighted by atomic mass is 32.3. The average Bonchev–Trinajstić information content (AvgIpc) is 2.67. The molecule has 0 radical (unpaired) electrons. The molecule has 0 saturated heterocycles. The molecule has 1 aliphatic heterocycles. The monoisotopic (exact) mass is 397 g/mol. The third-order valence-electron chi connectivity index (χ3n) is 4.67. The van der Waals surface area contributed by atoms with Gasteiger partial charge < -0.3 is 18.6 Å². The standard InChI is InChI=1S/C21H18O6S/c1-13-3-5-14(6-4-13)21(22)15-7-9-17-19(11-15)28(23,24,25)20-12-16(26-2)8-10-18(20)27-17/h3-12H,1-2H3,(H2,23,24,25)/p-1. The molecule has 0 aliphatic carbocycles. The summed E-state index contributed by atoms with van der Waals surface area (Å²) in [6.07, 6.45) is 0. The van der Waals surface area contributed by atoms with Crippen molar-refractivity contribution in [3.8, 4) is 17.2 Å². The molecule has 0 fully saturated rings. The van der Waals surface area contributed by atoms with E-state index < -0.39 is 19.4 Å². The molecule has 0 atom stereocenters. The fourth-order valence-corrected chi connectivity index (χ4v) is 4.93. The van der Waals surface area contributed by atoms with Crippen molar-refractivity contribution in [3.05, 3.63) is 77.4 Å². The van der Waals surface area contributed by atoms with E-state index in [2.05, 4.69) is 0 Å². The zero-order valence-electron chi connectivity index (χ0n) is 15.2. The Bertz CT molecular complexity index is 1170. The highest BCUT2D eigenvalue weighted by Crippen LogP contribution is 2.53. The van der Waals surface area contributed by atoms with Crippen molar-refractivity contribution in [2.45, 2.75) is 16.7 Å². The number of sulfone groups is 1. The van der Waals surface area contributed by atoms with Gasteiger partial charge in [-0.3, -0.25) is 9.00 Å². The van der Waals surface area contributed by atoms with E-state index in [1.54, 1.807) is 24.3 Å². The van der Waals surface area contributed by atoms with Crippen LogP contribution >= 0.6 is 0 Å². The van der Waals surface area contributed by atoms with E-state index in [0.29, 0.717) is 5.56 Å². The summed E-state index contributed by atoms with van der Waals surface area (Å²) >= 11 is 0. The zero-order valence-corrected chi connectivity index (χ0v) is 16.0. The molecule has 144 valence electrons. The third kappa shape index (κ3) is 2.80. The van der Waals surface area contributed by atoms with Gasteiger partial charge >= 0.3 is 0 Å². The Morgan fingerprint density at radius 2 is 1.54 bits per heavy atom. The largest absolute Gasteiger partial charge is 0.762 e. The number of carbonyl (C=O) groups excluding carboxylic acids is 1.